The zero-order valence-corrected chi connectivity index (χ0v) is 15.8. The highest BCUT2D eigenvalue weighted by Crippen LogP contribution is 2.10. The number of carbonyl (C=O) groups excluding carboxylic acids is 1. The maximum atomic E-state index is 11.7. The van der Waals surface area contributed by atoms with Crippen molar-refractivity contribution in [2.24, 2.45) is 0 Å². The molecule has 0 aromatic heterocycles. The summed E-state index contributed by atoms with van der Waals surface area (Å²) in [5, 5.41) is 21.4. The molecule has 7 nitrogen and oxygen atoms in total. The Morgan fingerprint density at radius 1 is 1.19 bits per heavy atom. The van der Waals surface area contributed by atoms with E-state index < -0.39 is 23.8 Å². The number of amides is 2. The lowest BCUT2D eigenvalue weighted by Crippen LogP contribution is -2.41. The lowest BCUT2D eigenvalue weighted by molar-refractivity contribution is 0.0478. The molecule has 0 aliphatic rings. The predicted molar refractivity (Wildman–Crippen MR) is 99.0 cm³/mol. The fourth-order valence-electron chi connectivity index (χ4n) is 2.42. The number of ether oxygens (including phenoxy) is 1. The largest absolute Gasteiger partial charge is 0.465 e. The van der Waals surface area contributed by atoms with Gasteiger partial charge in [-0.25, -0.2) is 9.59 Å². The third-order valence-electron chi connectivity index (χ3n) is 3.66. The standard InChI is InChI=1S/C19H30N2O5/c1-19(2,3)26-17(23)20-16(14-22)11-7-8-12-21(18(24)25)13-15-9-5-4-6-10-15/h4-6,9-10,16,22H,7-8,11-14H2,1-3H3,(H,20,23)(H,24,25)/t16-/m0/s1. The predicted octanol–water partition coefficient (Wildman–Crippen LogP) is 3.22. The molecular weight excluding hydrogens is 336 g/mol. The van der Waals surface area contributed by atoms with Crippen molar-refractivity contribution in [2.75, 3.05) is 13.2 Å². The molecule has 0 unspecified atom stereocenters. The van der Waals surface area contributed by atoms with Crippen LogP contribution in [0, 0.1) is 0 Å². The number of unbranched alkanes of at least 4 members (excludes halogenated alkanes) is 1. The van der Waals surface area contributed by atoms with Crippen molar-refractivity contribution in [1.29, 1.82) is 0 Å². The first-order chi connectivity index (χ1) is 12.2. The monoisotopic (exact) mass is 366 g/mol. The molecule has 26 heavy (non-hydrogen) atoms. The lowest BCUT2D eigenvalue weighted by atomic mass is 10.1. The number of aliphatic hydroxyl groups is 1. The van der Waals surface area contributed by atoms with Gasteiger partial charge in [0.15, 0.2) is 0 Å². The van der Waals surface area contributed by atoms with Crippen molar-refractivity contribution >= 4 is 12.2 Å². The van der Waals surface area contributed by atoms with Crippen LogP contribution >= 0.6 is 0 Å². The Labute approximate surface area is 155 Å². The van der Waals surface area contributed by atoms with Crippen molar-refractivity contribution in [2.45, 2.75) is 58.2 Å². The van der Waals surface area contributed by atoms with Crippen LogP contribution in [0.1, 0.15) is 45.6 Å². The van der Waals surface area contributed by atoms with Crippen molar-refractivity contribution in [3.63, 3.8) is 0 Å². The molecule has 1 atom stereocenters. The molecule has 0 saturated carbocycles. The van der Waals surface area contributed by atoms with E-state index in [0.29, 0.717) is 32.4 Å². The molecule has 2 amide bonds. The van der Waals surface area contributed by atoms with E-state index in [0.717, 1.165) is 5.56 Å². The topological polar surface area (TPSA) is 99.1 Å². The normalized spacial score (nSPS) is 12.3. The molecule has 0 saturated heterocycles. The maximum absolute atomic E-state index is 11.7. The van der Waals surface area contributed by atoms with Gasteiger partial charge >= 0.3 is 12.2 Å². The molecular formula is C19H30N2O5. The van der Waals surface area contributed by atoms with Gasteiger partial charge in [0, 0.05) is 13.1 Å². The molecule has 1 aromatic rings. The molecule has 7 heteroatoms. The number of aliphatic hydroxyl groups excluding tert-OH is 1. The molecule has 0 aliphatic heterocycles. The first-order valence-electron chi connectivity index (χ1n) is 8.83. The molecule has 0 fully saturated rings. The number of carboxylic acid groups (broad SMARTS) is 1. The van der Waals surface area contributed by atoms with E-state index in [1.807, 2.05) is 30.3 Å². The van der Waals surface area contributed by atoms with E-state index in [4.69, 9.17) is 4.74 Å². The second-order valence-electron chi connectivity index (χ2n) is 7.21. The van der Waals surface area contributed by atoms with Gasteiger partial charge in [0.1, 0.15) is 5.60 Å². The van der Waals surface area contributed by atoms with Crippen molar-refractivity contribution in [3.8, 4) is 0 Å². The summed E-state index contributed by atoms with van der Waals surface area (Å²) in [4.78, 5) is 24.5. The highest BCUT2D eigenvalue weighted by atomic mass is 16.6. The smallest absolute Gasteiger partial charge is 0.407 e. The van der Waals surface area contributed by atoms with Gasteiger partial charge in [-0.15, -0.1) is 0 Å². The van der Waals surface area contributed by atoms with Gasteiger partial charge in [0.2, 0.25) is 0 Å². The molecule has 1 aromatic carbocycles. The molecule has 3 N–H and O–H groups in total. The van der Waals surface area contributed by atoms with E-state index in [9.17, 15) is 19.8 Å². The van der Waals surface area contributed by atoms with Crippen molar-refractivity contribution < 1.29 is 24.5 Å². The average Bonchev–Trinajstić information content (AvgIpc) is 2.55. The number of nitrogens with zero attached hydrogens (tertiary/aromatic N) is 1. The quantitative estimate of drug-likeness (QED) is 0.583. The summed E-state index contributed by atoms with van der Waals surface area (Å²) in [5.74, 6) is 0. The Kier molecular flexibility index (Phi) is 8.92. The minimum absolute atomic E-state index is 0.189. The number of rotatable bonds is 9. The Bertz CT molecular complexity index is 557. The van der Waals surface area contributed by atoms with Crippen LogP contribution in [0.4, 0.5) is 9.59 Å². The minimum Gasteiger partial charge on any atom is -0.465 e. The van der Waals surface area contributed by atoms with Crippen LogP contribution in [0.15, 0.2) is 30.3 Å². The SMILES string of the molecule is CC(C)(C)OC(=O)N[C@H](CO)CCCCN(Cc1ccccc1)C(=O)O. The van der Waals surface area contributed by atoms with Crippen LogP contribution in [0.25, 0.3) is 0 Å². The summed E-state index contributed by atoms with van der Waals surface area (Å²) >= 11 is 0. The van der Waals surface area contributed by atoms with Gasteiger partial charge in [-0.1, -0.05) is 30.3 Å². The van der Waals surface area contributed by atoms with Crippen molar-refractivity contribution in [1.82, 2.24) is 10.2 Å². The van der Waals surface area contributed by atoms with E-state index in [-0.39, 0.29) is 6.61 Å². The highest BCUT2D eigenvalue weighted by molar-refractivity contribution is 5.68. The van der Waals surface area contributed by atoms with Gasteiger partial charge in [-0.3, -0.25) is 0 Å². The summed E-state index contributed by atoms with van der Waals surface area (Å²) in [6.07, 6.45) is 0.354. The van der Waals surface area contributed by atoms with Gasteiger partial charge in [-0.05, 0) is 45.6 Å². The molecule has 0 radical (unpaired) electrons. The third kappa shape index (κ3) is 9.27. The number of hydrogen-bond donors (Lipinski definition) is 3. The molecule has 0 heterocycles. The van der Waals surface area contributed by atoms with E-state index >= 15 is 0 Å². The molecule has 1 rings (SSSR count). The number of hydrogen-bond acceptors (Lipinski definition) is 4. The van der Waals surface area contributed by atoms with E-state index in [2.05, 4.69) is 5.32 Å². The van der Waals surface area contributed by atoms with Gasteiger partial charge in [0.05, 0.1) is 12.6 Å². The third-order valence-corrected chi connectivity index (χ3v) is 3.66. The summed E-state index contributed by atoms with van der Waals surface area (Å²) in [7, 11) is 0. The molecule has 146 valence electrons. The second-order valence-corrected chi connectivity index (χ2v) is 7.21. The number of alkyl carbamates (subject to hydrolysis) is 1. The van der Waals surface area contributed by atoms with Crippen LogP contribution in [-0.2, 0) is 11.3 Å². The summed E-state index contributed by atoms with van der Waals surface area (Å²) in [5.41, 5.74) is 0.346. The first kappa shape index (κ1) is 21.8. The second kappa shape index (κ2) is 10.7. The van der Waals surface area contributed by atoms with Gasteiger partial charge < -0.3 is 25.2 Å². The summed E-state index contributed by atoms with van der Waals surface area (Å²) < 4.78 is 5.17. The van der Waals surface area contributed by atoms with Gasteiger partial charge in [0.25, 0.3) is 0 Å². The van der Waals surface area contributed by atoms with Crippen LogP contribution < -0.4 is 5.32 Å². The van der Waals surface area contributed by atoms with E-state index in [1.54, 1.807) is 20.8 Å². The number of carbonyl (C=O) groups is 2. The molecule has 0 spiro atoms. The fraction of sp³-hybridized carbons (Fsp3) is 0.579. The maximum Gasteiger partial charge on any atom is 0.407 e. The number of nitrogens with one attached hydrogen (secondary N) is 1. The summed E-state index contributed by atoms with van der Waals surface area (Å²) in [6, 6.07) is 9.02. The molecule has 0 bridgehead atoms. The van der Waals surface area contributed by atoms with Crippen LogP contribution in [0.2, 0.25) is 0 Å². The Morgan fingerprint density at radius 2 is 1.85 bits per heavy atom. The average molecular weight is 366 g/mol. The Hall–Kier alpha value is -2.28. The Balaban J connectivity index is 2.37. The fourth-order valence-corrected chi connectivity index (χ4v) is 2.42. The van der Waals surface area contributed by atoms with Crippen LogP contribution in [0.3, 0.4) is 0 Å². The first-order valence-corrected chi connectivity index (χ1v) is 8.83. The Morgan fingerprint density at radius 3 is 2.38 bits per heavy atom. The zero-order chi connectivity index (χ0) is 19.6. The highest BCUT2D eigenvalue weighted by Gasteiger charge is 2.19. The van der Waals surface area contributed by atoms with Crippen LogP contribution in [-0.4, -0.2) is 52.1 Å². The van der Waals surface area contributed by atoms with Crippen molar-refractivity contribution in [3.05, 3.63) is 35.9 Å². The zero-order valence-electron chi connectivity index (χ0n) is 15.8. The summed E-state index contributed by atoms with van der Waals surface area (Å²) in [6.45, 7) is 5.87. The lowest BCUT2D eigenvalue weighted by Gasteiger charge is -2.23. The van der Waals surface area contributed by atoms with E-state index in [1.165, 1.54) is 4.90 Å². The minimum atomic E-state index is -0.959. The molecule has 0 aliphatic carbocycles. The number of benzene rings is 1. The van der Waals surface area contributed by atoms with Gasteiger partial charge in [-0.2, -0.15) is 0 Å². The van der Waals surface area contributed by atoms with Crippen LogP contribution in [0.5, 0.6) is 0 Å².